The second kappa shape index (κ2) is 3.19. The third-order valence-electron chi connectivity index (χ3n) is 4.56. The van der Waals surface area contributed by atoms with Crippen LogP contribution in [0.5, 0.6) is 0 Å². The molecule has 1 saturated heterocycles. The van der Waals surface area contributed by atoms with E-state index in [2.05, 4.69) is 0 Å². The van der Waals surface area contributed by atoms with Gasteiger partial charge in [0.15, 0.2) is 0 Å². The van der Waals surface area contributed by atoms with Gasteiger partial charge in [0, 0.05) is 20.6 Å². The number of hydrogen-bond acceptors (Lipinski definition) is 3. The number of aliphatic hydroxyl groups is 1. The summed E-state index contributed by atoms with van der Waals surface area (Å²) < 4.78 is 27.0. The van der Waals surface area contributed by atoms with Crippen LogP contribution in [0.2, 0.25) is 0 Å². The Kier molecular flexibility index (Phi) is 2.18. The summed E-state index contributed by atoms with van der Waals surface area (Å²) in [6, 6.07) is -0.156. The summed E-state index contributed by atoms with van der Waals surface area (Å²) >= 11 is 0. The SMILES string of the molecule is CN(C)S(=O)(=O)N1C[C@@H]2C[C@H]3C[C@H]2[C@H]1[C@H]3O. The van der Waals surface area contributed by atoms with E-state index in [9.17, 15) is 13.5 Å². The van der Waals surface area contributed by atoms with Crippen LogP contribution in [0, 0.1) is 17.8 Å². The van der Waals surface area contributed by atoms with Crippen LogP contribution in [-0.4, -0.2) is 54.9 Å². The van der Waals surface area contributed by atoms with E-state index in [0.717, 1.165) is 12.8 Å². The first-order valence-electron chi connectivity index (χ1n) is 5.80. The predicted molar refractivity (Wildman–Crippen MR) is 58.8 cm³/mol. The number of fused-ring (bicyclic) bond motifs is 1. The lowest BCUT2D eigenvalue weighted by atomic mass is 9.88. The summed E-state index contributed by atoms with van der Waals surface area (Å²) in [4.78, 5) is 0. The molecule has 0 aromatic carbocycles. The number of rotatable bonds is 2. The summed E-state index contributed by atoms with van der Waals surface area (Å²) in [5.74, 6) is 1.21. The highest BCUT2D eigenvalue weighted by Gasteiger charge is 2.61. The van der Waals surface area contributed by atoms with Gasteiger partial charge in [0.1, 0.15) is 0 Å². The highest BCUT2D eigenvalue weighted by atomic mass is 32.2. The van der Waals surface area contributed by atoms with Crippen LogP contribution in [-0.2, 0) is 10.2 Å². The van der Waals surface area contributed by atoms with Gasteiger partial charge in [-0.3, -0.25) is 0 Å². The maximum atomic E-state index is 12.1. The van der Waals surface area contributed by atoms with Gasteiger partial charge in [0.25, 0.3) is 10.2 Å². The van der Waals surface area contributed by atoms with E-state index < -0.39 is 16.3 Å². The third kappa shape index (κ3) is 1.19. The summed E-state index contributed by atoms with van der Waals surface area (Å²) in [5, 5.41) is 10.1. The Morgan fingerprint density at radius 2 is 1.94 bits per heavy atom. The van der Waals surface area contributed by atoms with Crippen LogP contribution >= 0.6 is 0 Å². The summed E-state index contributed by atoms with van der Waals surface area (Å²) in [6.07, 6.45) is 1.57. The average Bonchev–Trinajstić information content (AvgIpc) is 2.75. The topological polar surface area (TPSA) is 60.9 Å². The minimum absolute atomic E-state index is 0.156. The smallest absolute Gasteiger partial charge is 0.281 e. The van der Waals surface area contributed by atoms with Gasteiger partial charge in [0.2, 0.25) is 0 Å². The van der Waals surface area contributed by atoms with Crippen molar-refractivity contribution in [2.24, 2.45) is 17.8 Å². The summed E-state index contributed by atoms with van der Waals surface area (Å²) in [7, 11) is -0.263. The normalized spacial score (nSPS) is 47.1. The number of hydrogen-bond donors (Lipinski definition) is 1. The second-order valence-corrected chi connectivity index (χ2v) is 7.59. The van der Waals surface area contributed by atoms with Crippen LogP contribution in [0.1, 0.15) is 12.8 Å². The lowest BCUT2D eigenvalue weighted by Crippen LogP contribution is -2.47. The standard InChI is InChI=1S/C10H18N2O3S/c1-11(2)16(14,15)12-5-7-3-6-4-8(7)9(12)10(6)13/h6-10,13H,3-5H2,1-2H3/t6-,7-,8+,9-,10-/m0/s1. The quantitative estimate of drug-likeness (QED) is 0.714. The van der Waals surface area contributed by atoms with E-state index in [1.54, 1.807) is 14.1 Å². The third-order valence-corrected chi connectivity index (χ3v) is 6.47. The molecule has 5 atom stereocenters. The van der Waals surface area contributed by atoms with E-state index in [-0.39, 0.29) is 6.04 Å². The fourth-order valence-corrected chi connectivity index (χ4v) is 5.22. The van der Waals surface area contributed by atoms with Crippen molar-refractivity contribution in [2.45, 2.75) is 25.0 Å². The molecule has 2 aliphatic carbocycles. The van der Waals surface area contributed by atoms with Crippen LogP contribution in [0.3, 0.4) is 0 Å². The molecule has 1 N–H and O–H groups in total. The first-order chi connectivity index (χ1) is 7.43. The first kappa shape index (κ1) is 11.0. The fraction of sp³-hybridized carbons (Fsp3) is 1.00. The zero-order valence-electron chi connectivity index (χ0n) is 9.57. The predicted octanol–water partition coefficient (Wildman–Crippen LogP) is -0.506. The molecule has 6 heteroatoms. The molecule has 0 unspecified atom stereocenters. The van der Waals surface area contributed by atoms with E-state index >= 15 is 0 Å². The summed E-state index contributed by atoms with van der Waals surface area (Å²) in [5.41, 5.74) is 0. The van der Waals surface area contributed by atoms with Gasteiger partial charge in [-0.1, -0.05) is 0 Å². The zero-order chi connectivity index (χ0) is 11.7. The minimum atomic E-state index is -3.36. The number of nitrogens with zero attached hydrogens (tertiary/aromatic N) is 2. The lowest BCUT2D eigenvalue weighted by Gasteiger charge is -2.29. The Morgan fingerprint density at radius 3 is 2.50 bits per heavy atom. The van der Waals surface area contributed by atoms with Crippen LogP contribution in [0.25, 0.3) is 0 Å². The molecule has 2 saturated carbocycles. The van der Waals surface area contributed by atoms with E-state index in [0.29, 0.717) is 24.3 Å². The van der Waals surface area contributed by atoms with E-state index in [1.807, 2.05) is 0 Å². The number of aliphatic hydroxyl groups excluding tert-OH is 1. The van der Waals surface area contributed by atoms with Crippen LogP contribution < -0.4 is 0 Å². The minimum Gasteiger partial charge on any atom is -0.391 e. The molecule has 0 aromatic rings. The van der Waals surface area contributed by atoms with Gasteiger partial charge in [-0.2, -0.15) is 17.0 Å². The molecule has 16 heavy (non-hydrogen) atoms. The van der Waals surface area contributed by atoms with Gasteiger partial charge in [0.05, 0.1) is 12.1 Å². The van der Waals surface area contributed by atoms with Crippen molar-refractivity contribution in [3.63, 3.8) is 0 Å². The monoisotopic (exact) mass is 246 g/mol. The van der Waals surface area contributed by atoms with Crippen molar-refractivity contribution in [3.05, 3.63) is 0 Å². The van der Waals surface area contributed by atoms with Gasteiger partial charge in [-0.05, 0) is 30.6 Å². The Bertz CT molecular complexity index is 406. The van der Waals surface area contributed by atoms with Crippen molar-refractivity contribution in [2.75, 3.05) is 20.6 Å². The van der Waals surface area contributed by atoms with E-state index in [1.165, 1.54) is 8.61 Å². The maximum absolute atomic E-state index is 12.1. The Hall–Kier alpha value is -0.170. The molecule has 3 aliphatic rings. The van der Waals surface area contributed by atoms with E-state index in [4.69, 9.17) is 0 Å². The van der Waals surface area contributed by atoms with Gasteiger partial charge >= 0.3 is 0 Å². The highest BCUT2D eigenvalue weighted by Crippen LogP contribution is 2.55. The highest BCUT2D eigenvalue weighted by molar-refractivity contribution is 7.86. The first-order valence-corrected chi connectivity index (χ1v) is 7.20. The molecule has 0 spiro atoms. The van der Waals surface area contributed by atoms with Gasteiger partial charge < -0.3 is 5.11 Å². The maximum Gasteiger partial charge on any atom is 0.281 e. The fourth-order valence-electron chi connectivity index (χ4n) is 3.84. The van der Waals surface area contributed by atoms with Crippen molar-refractivity contribution >= 4 is 10.2 Å². The van der Waals surface area contributed by atoms with Crippen LogP contribution in [0.15, 0.2) is 0 Å². The van der Waals surface area contributed by atoms with Crippen molar-refractivity contribution in [1.82, 2.24) is 8.61 Å². The van der Waals surface area contributed by atoms with Crippen LogP contribution in [0.4, 0.5) is 0 Å². The molecule has 0 radical (unpaired) electrons. The molecule has 3 rings (SSSR count). The van der Waals surface area contributed by atoms with Crippen molar-refractivity contribution in [1.29, 1.82) is 0 Å². The van der Waals surface area contributed by atoms with Crippen molar-refractivity contribution < 1.29 is 13.5 Å². The zero-order valence-corrected chi connectivity index (χ0v) is 10.4. The molecule has 1 aliphatic heterocycles. The lowest BCUT2D eigenvalue weighted by molar-refractivity contribution is 0.0719. The van der Waals surface area contributed by atoms with Gasteiger partial charge in [-0.25, -0.2) is 0 Å². The Morgan fingerprint density at radius 1 is 1.25 bits per heavy atom. The molecule has 3 fully saturated rings. The average molecular weight is 246 g/mol. The Labute approximate surface area is 96.2 Å². The molecule has 2 bridgehead atoms. The molecule has 5 nitrogen and oxygen atoms in total. The molecule has 1 heterocycles. The van der Waals surface area contributed by atoms with Gasteiger partial charge in [-0.15, -0.1) is 0 Å². The second-order valence-electron chi connectivity index (χ2n) is 5.50. The Balaban J connectivity index is 1.96. The molecule has 0 aromatic heterocycles. The summed E-state index contributed by atoms with van der Waals surface area (Å²) in [6.45, 7) is 0.601. The molecule has 0 amide bonds. The largest absolute Gasteiger partial charge is 0.391 e. The molecular formula is C10H18N2O3S. The molecule has 92 valence electrons. The van der Waals surface area contributed by atoms with Crippen molar-refractivity contribution in [3.8, 4) is 0 Å². The molecular weight excluding hydrogens is 228 g/mol.